The molecule has 4 heterocycles. The van der Waals surface area contributed by atoms with E-state index >= 15 is 0 Å². The van der Waals surface area contributed by atoms with E-state index in [2.05, 4.69) is 44.2 Å². The standard InChI is InChI=1S/C18H10N2.C12H11N2O.C12H8N2.Rh/c19-17-15-8-4-3-7-13(15)14-10-9-11-5-1-2-6-12(11)16(14)18(17)20;1-12(15,10-6-2-4-8-13-10)11-7-3-5-9-14-11;1-3-9-5-6-10-4-2-8-14-12(10)11(9)13-7-1;/h1-10H;2-9H,1H3;1-8H;/q-2;-1;;+3. The fourth-order valence-electron chi connectivity index (χ4n) is 6.02. The van der Waals surface area contributed by atoms with Gasteiger partial charge in [-0.3, -0.25) is 19.9 Å². The fraction of sp³-hybridized carbons (Fsp3) is 0.0476. The zero-order valence-corrected chi connectivity index (χ0v) is 28.6. The molecule has 8 heteroatoms. The van der Waals surface area contributed by atoms with Gasteiger partial charge in [0.15, 0.2) is 0 Å². The average molecular weight is 737 g/mol. The minimum absolute atomic E-state index is 0. The Morgan fingerprint density at radius 3 is 1.52 bits per heavy atom. The molecule has 0 atom stereocenters. The molecule has 0 amide bonds. The van der Waals surface area contributed by atoms with Gasteiger partial charge in [-0.25, -0.2) is 0 Å². The van der Waals surface area contributed by atoms with E-state index in [4.69, 9.17) is 0 Å². The molecule has 0 radical (unpaired) electrons. The molecule has 0 bridgehead atoms. The summed E-state index contributed by atoms with van der Waals surface area (Å²) in [6.07, 6.45) is 6.84. The molecule has 242 valence electrons. The fourth-order valence-corrected chi connectivity index (χ4v) is 6.02. The number of hydrogen-bond acceptors (Lipinski definition) is 5. The van der Waals surface area contributed by atoms with Crippen LogP contribution in [0.15, 0.2) is 158 Å². The molecule has 7 nitrogen and oxygen atoms in total. The monoisotopic (exact) mass is 736 g/mol. The summed E-state index contributed by atoms with van der Waals surface area (Å²) in [5.41, 5.74) is 4.73. The van der Waals surface area contributed by atoms with Crippen LogP contribution in [0.3, 0.4) is 0 Å². The van der Waals surface area contributed by atoms with Crippen LogP contribution < -0.4 is 5.11 Å². The van der Waals surface area contributed by atoms with Gasteiger partial charge >= 0.3 is 19.5 Å². The number of nitrogens with zero attached hydrogens (tertiary/aromatic N) is 6. The first-order valence-electron chi connectivity index (χ1n) is 15.8. The van der Waals surface area contributed by atoms with Gasteiger partial charge in [0.25, 0.3) is 0 Å². The number of fused-ring (bicyclic) bond motifs is 8. The van der Waals surface area contributed by atoms with E-state index in [0.717, 1.165) is 43.7 Å². The Morgan fingerprint density at radius 2 is 0.940 bits per heavy atom. The third kappa shape index (κ3) is 6.59. The van der Waals surface area contributed by atoms with Crippen molar-refractivity contribution in [2.75, 3.05) is 0 Å². The van der Waals surface area contributed by atoms with Crippen molar-refractivity contribution in [2.24, 2.45) is 0 Å². The van der Waals surface area contributed by atoms with E-state index in [0.29, 0.717) is 22.5 Å². The molecule has 50 heavy (non-hydrogen) atoms. The van der Waals surface area contributed by atoms with E-state index in [1.807, 2.05) is 72.8 Å². The van der Waals surface area contributed by atoms with Gasteiger partial charge < -0.3 is 15.9 Å². The van der Waals surface area contributed by atoms with Gasteiger partial charge in [-0.1, -0.05) is 104 Å². The molecule has 9 rings (SSSR count). The maximum atomic E-state index is 12.4. The second kappa shape index (κ2) is 14.7. The summed E-state index contributed by atoms with van der Waals surface area (Å²) in [6.45, 7) is 1.58. The predicted molar refractivity (Wildman–Crippen MR) is 196 cm³/mol. The summed E-state index contributed by atoms with van der Waals surface area (Å²) in [4.78, 5) is 16.8. The maximum Gasteiger partial charge on any atom is 3.00 e. The molecule has 0 spiro atoms. The van der Waals surface area contributed by atoms with Gasteiger partial charge in [0.1, 0.15) is 0 Å². The van der Waals surface area contributed by atoms with Crippen molar-refractivity contribution in [3.8, 4) is 11.1 Å². The van der Waals surface area contributed by atoms with Crippen LogP contribution in [0.25, 0.3) is 54.5 Å². The minimum atomic E-state index is -1.39. The van der Waals surface area contributed by atoms with E-state index in [1.54, 1.807) is 68.1 Å². The van der Waals surface area contributed by atoms with E-state index in [9.17, 15) is 15.9 Å². The van der Waals surface area contributed by atoms with Gasteiger partial charge in [-0.2, -0.15) is 11.4 Å². The molecular weight excluding hydrogens is 707 g/mol. The molecule has 0 aliphatic heterocycles. The molecule has 0 saturated carbocycles. The van der Waals surface area contributed by atoms with Crippen LogP contribution in [0.2, 0.25) is 0 Å². The Labute approximate surface area is 302 Å². The number of benzene rings is 4. The molecule has 8 aromatic rings. The van der Waals surface area contributed by atoms with E-state index < -0.39 is 5.60 Å². The molecular formula is C42H29N6ORh. The number of aromatic nitrogens is 4. The Balaban J connectivity index is 0.000000131. The van der Waals surface area contributed by atoms with Crippen LogP contribution in [0, 0.1) is 0 Å². The van der Waals surface area contributed by atoms with Crippen molar-refractivity contribution >= 4 is 44.0 Å². The summed E-state index contributed by atoms with van der Waals surface area (Å²) in [7, 11) is 0. The molecule has 1 aliphatic carbocycles. The zero-order valence-electron chi connectivity index (χ0n) is 26.9. The quantitative estimate of drug-likeness (QED) is 0.131. The molecule has 4 aromatic heterocycles. The largest absolute Gasteiger partial charge is 3.00 e. The molecule has 1 aliphatic rings. The van der Waals surface area contributed by atoms with Crippen LogP contribution in [-0.2, 0) is 25.1 Å². The van der Waals surface area contributed by atoms with Crippen molar-refractivity contribution in [1.82, 2.24) is 19.9 Å². The molecule has 0 saturated heterocycles. The Morgan fingerprint density at radius 1 is 0.460 bits per heavy atom. The van der Waals surface area contributed by atoms with Crippen LogP contribution in [0.5, 0.6) is 0 Å². The Kier molecular flexibility index (Phi) is 10.0. The van der Waals surface area contributed by atoms with Crippen molar-refractivity contribution in [2.45, 2.75) is 12.5 Å². The molecule has 0 fully saturated rings. The third-order valence-electron chi connectivity index (χ3n) is 8.51. The molecule has 4 aromatic carbocycles. The predicted octanol–water partition coefficient (Wildman–Crippen LogP) is 8.12. The minimum Gasteiger partial charge on any atom is -0.840 e. The summed E-state index contributed by atoms with van der Waals surface area (Å²) >= 11 is 0. The summed E-state index contributed by atoms with van der Waals surface area (Å²) in [5.74, 6) is 0. The summed E-state index contributed by atoms with van der Waals surface area (Å²) in [6, 6.07) is 42.3. The van der Waals surface area contributed by atoms with Gasteiger partial charge in [0, 0.05) is 46.9 Å². The van der Waals surface area contributed by atoms with Gasteiger partial charge in [-0.15, -0.1) is 0 Å². The van der Waals surface area contributed by atoms with Crippen LogP contribution >= 0.6 is 0 Å². The normalized spacial score (nSPS) is 11.7. The van der Waals surface area contributed by atoms with Crippen molar-refractivity contribution < 1.29 is 24.6 Å². The van der Waals surface area contributed by atoms with Crippen molar-refractivity contribution in [3.63, 3.8) is 0 Å². The van der Waals surface area contributed by atoms with Crippen LogP contribution in [0.1, 0.15) is 29.4 Å². The van der Waals surface area contributed by atoms with Gasteiger partial charge in [-0.05, 0) is 75.0 Å². The number of hydrogen-bond donors (Lipinski definition) is 0. The smallest absolute Gasteiger partial charge is 0.840 e. The summed E-state index contributed by atoms with van der Waals surface area (Å²) < 4.78 is 0. The van der Waals surface area contributed by atoms with E-state index in [-0.39, 0.29) is 30.9 Å². The average Bonchev–Trinajstić information content (AvgIpc) is 3.18. The third-order valence-corrected chi connectivity index (χ3v) is 8.51. The molecule has 0 unspecified atom stereocenters. The first kappa shape index (κ1) is 34.1. The second-order valence-corrected chi connectivity index (χ2v) is 11.6. The van der Waals surface area contributed by atoms with Gasteiger partial charge in [0.05, 0.1) is 11.0 Å². The topological polar surface area (TPSA) is 119 Å². The number of pyridine rings is 4. The second-order valence-electron chi connectivity index (χ2n) is 11.6. The van der Waals surface area contributed by atoms with Crippen molar-refractivity contribution in [1.29, 1.82) is 0 Å². The molecule has 0 N–H and O–H groups in total. The van der Waals surface area contributed by atoms with E-state index in [1.165, 1.54) is 0 Å². The summed E-state index contributed by atoms with van der Waals surface area (Å²) in [5, 5.41) is 37.3. The first-order chi connectivity index (χ1) is 23.9. The van der Waals surface area contributed by atoms with Gasteiger partial charge in [0.2, 0.25) is 0 Å². The zero-order chi connectivity index (χ0) is 33.8. The first-order valence-corrected chi connectivity index (χ1v) is 15.8. The van der Waals surface area contributed by atoms with Crippen LogP contribution in [0.4, 0.5) is 0 Å². The Hall–Kier alpha value is -5.82. The van der Waals surface area contributed by atoms with Crippen LogP contribution in [-0.4, -0.2) is 31.4 Å². The van der Waals surface area contributed by atoms with Crippen molar-refractivity contribution in [3.05, 3.63) is 192 Å². The maximum absolute atomic E-state index is 12.4. The SMILES string of the molecule is CC([O-])(c1ccccn1)c1ccccn1.[N-]=C1C(=[N-])c2c(ccc3ccccc23)-c2ccccc21.[Rh+3].c1cnc2c(c1)ccc1cccnc12. The number of rotatable bonds is 2. The Bertz CT molecular complexity index is 2370.